The molecule has 0 atom stereocenters. The van der Waals surface area contributed by atoms with E-state index in [1.54, 1.807) is 36.4 Å². The molecule has 0 spiro atoms. The molecule has 7 heteroatoms. The third kappa shape index (κ3) is 5.70. The number of carbonyl (C=O) groups is 2. The van der Waals surface area contributed by atoms with Crippen LogP contribution >= 0.6 is 0 Å². The van der Waals surface area contributed by atoms with Crippen LogP contribution in [0.4, 0.5) is 13.2 Å². The van der Waals surface area contributed by atoms with E-state index in [-0.39, 0.29) is 18.4 Å². The first-order valence-electron chi connectivity index (χ1n) is 8.12. The summed E-state index contributed by atoms with van der Waals surface area (Å²) in [6.07, 6.45) is -1.50. The molecule has 0 aliphatic carbocycles. The number of hydrogen-bond donors (Lipinski definition) is 1. The van der Waals surface area contributed by atoms with Crippen molar-refractivity contribution in [2.45, 2.75) is 12.7 Å². The van der Waals surface area contributed by atoms with Gasteiger partial charge in [-0.15, -0.1) is 0 Å². The summed E-state index contributed by atoms with van der Waals surface area (Å²) in [6.45, 7) is 0.0582. The van der Waals surface area contributed by atoms with Gasteiger partial charge in [-0.05, 0) is 41.5 Å². The Kier molecular flexibility index (Phi) is 6.39. The molecule has 0 radical (unpaired) electrons. The Labute approximate surface area is 155 Å². The lowest BCUT2D eigenvalue weighted by molar-refractivity contribution is -0.137. The van der Waals surface area contributed by atoms with Gasteiger partial charge in [0.1, 0.15) is 0 Å². The largest absolute Gasteiger partial charge is 0.416 e. The van der Waals surface area contributed by atoms with E-state index in [2.05, 4.69) is 5.32 Å². The predicted molar refractivity (Wildman–Crippen MR) is 96.8 cm³/mol. The van der Waals surface area contributed by atoms with Gasteiger partial charge in [0.05, 0.1) is 5.56 Å². The summed E-state index contributed by atoms with van der Waals surface area (Å²) in [5.74, 6) is -0.551. The lowest BCUT2D eigenvalue weighted by atomic mass is 10.1. The van der Waals surface area contributed by atoms with E-state index in [9.17, 15) is 22.8 Å². The van der Waals surface area contributed by atoms with Gasteiger partial charge in [0, 0.05) is 32.3 Å². The second-order valence-electron chi connectivity index (χ2n) is 5.93. The molecule has 1 N–H and O–H groups in total. The molecule has 0 heterocycles. The van der Waals surface area contributed by atoms with Crippen molar-refractivity contribution in [3.8, 4) is 0 Å². The number of nitrogens with zero attached hydrogens (tertiary/aromatic N) is 1. The number of rotatable bonds is 5. The number of benzene rings is 2. The monoisotopic (exact) mass is 376 g/mol. The van der Waals surface area contributed by atoms with Crippen LogP contribution in [-0.4, -0.2) is 30.8 Å². The molecule has 0 fully saturated rings. The minimum Gasteiger partial charge on any atom is -0.355 e. The molecule has 2 rings (SSSR count). The van der Waals surface area contributed by atoms with Crippen LogP contribution < -0.4 is 5.32 Å². The fourth-order valence-electron chi connectivity index (χ4n) is 2.38. The van der Waals surface area contributed by atoms with Crippen LogP contribution in [0.5, 0.6) is 0 Å². The Bertz CT molecular complexity index is 843. The Morgan fingerprint density at radius 3 is 2.37 bits per heavy atom. The molecule has 4 nitrogen and oxygen atoms in total. The van der Waals surface area contributed by atoms with Crippen molar-refractivity contribution < 1.29 is 22.8 Å². The molecule has 2 aromatic carbocycles. The van der Waals surface area contributed by atoms with Crippen LogP contribution in [0.25, 0.3) is 6.08 Å². The van der Waals surface area contributed by atoms with Crippen molar-refractivity contribution in [3.63, 3.8) is 0 Å². The highest BCUT2D eigenvalue weighted by molar-refractivity contribution is 5.94. The highest BCUT2D eigenvalue weighted by Gasteiger charge is 2.30. The molecule has 0 aliphatic rings. The summed E-state index contributed by atoms with van der Waals surface area (Å²) < 4.78 is 38.3. The maximum absolute atomic E-state index is 12.8. The molecule has 0 saturated heterocycles. The summed E-state index contributed by atoms with van der Waals surface area (Å²) in [5, 5.41) is 2.51. The highest BCUT2D eigenvalue weighted by Crippen LogP contribution is 2.29. The summed E-state index contributed by atoms with van der Waals surface area (Å²) >= 11 is 0. The minimum absolute atomic E-state index is 0.0582. The molecular formula is C20H19F3N2O2. The van der Waals surface area contributed by atoms with Gasteiger partial charge in [-0.1, -0.05) is 24.3 Å². The van der Waals surface area contributed by atoms with Crippen molar-refractivity contribution in [3.05, 3.63) is 76.9 Å². The molecule has 0 unspecified atom stereocenters. The Balaban J connectivity index is 2.01. The van der Waals surface area contributed by atoms with Gasteiger partial charge >= 0.3 is 6.18 Å². The van der Waals surface area contributed by atoms with Gasteiger partial charge in [0.2, 0.25) is 5.91 Å². The van der Waals surface area contributed by atoms with Crippen molar-refractivity contribution in [1.29, 1.82) is 0 Å². The molecule has 142 valence electrons. The molecular weight excluding hydrogens is 357 g/mol. The fourth-order valence-corrected chi connectivity index (χ4v) is 2.38. The minimum atomic E-state index is -4.42. The van der Waals surface area contributed by atoms with E-state index in [0.717, 1.165) is 17.7 Å². The van der Waals surface area contributed by atoms with Crippen LogP contribution in [0, 0.1) is 0 Å². The van der Waals surface area contributed by atoms with Crippen LogP contribution in [0.1, 0.15) is 27.0 Å². The number of hydrogen-bond acceptors (Lipinski definition) is 2. The number of nitrogens with one attached hydrogen (secondary N) is 1. The smallest absolute Gasteiger partial charge is 0.355 e. The van der Waals surface area contributed by atoms with Crippen LogP contribution in [0.15, 0.2) is 54.6 Å². The zero-order valence-corrected chi connectivity index (χ0v) is 14.9. The topological polar surface area (TPSA) is 49.4 Å². The maximum Gasteiger partial charge on any atom is 0.416 e. The molecule has 0 bridgehead atoms. The molecule has 2 aromatic rings. The summed E-state index contributed by atoms with van der Waals surface area (Å²) in [7, 11) is 3.05. The van der Waals surface area contributed by atoms with Gasteiger partial charge in [0.25, 0.3) is 5.91 Å². The van der Waals surface area contributed by atoms with Crippen molar-refractivity contribution >= 4 is 17.9 Å². The molecule has 0 saturated carbocycles. The van der Waals surface area contributed by atoms with Crippen LogP contribution in [-0.2, 0) is 17.5 Å². The fraction of sp³-hybridized carbons (Fsp3) is 0.200. The molecule has 2 amide bonds. The average Bonchev–Trinajstić information content (AvgIpc) is 2.65. The zero-order chi connectivity index (χ0) is 20.0. The van der Waals surface area contributed by atoms with Gasteiger partial charge in [0.15, 0.2) is 0 Å². The molecule has 0 aromatic heterocycles. The summed E-state index contributed by atoms with van der Waals surface area (Å²) in [4.78, 5) is 25.0. The first-order chi connectivity index (χ1) is 12.7. The summed E-state index contributed by atoms with van der Waals surface area (Å²) in [6, 6.07) is 11.5. The number of likely N-dealkylation sites (N-methyl/N-ethyl adjacent to an activating group) is 1. The third-order valence-electron chi connectivity index (χ3n) is 3.87. The van der Waals surface area contributed by atoms with Crippen LogP contribution in [0.3, 0.4) is 0 Å². The first kappa shape index (κ1) is 20.2. The van der Waals surface area contributed by atoms with E-state index in [0.29, 0.717) is 11.1 Å². The molecule has 0 aliphatic heterocycles. The highest BCUT2D eigenvalue weighted by atomic mass is 19.4. The summed E-state index contributed by atoms with van der Waals surface area (Å²) in [5.41, 5.74) is 0.878. The van der Waals surface area contributed by atoms with Gasteiger partial charge < -0.3 is 10.2 Å². The van der Waals surface area contributed by atoms with Crippen molar-refractivity contribution in [2.75, 3.05) is 14.1 Å². The average molecular weight is 376 g/mol. The van der Waals surface area contributed by atoms with E-state index in [1.165, 1.54) is 31.1 Å². The third-order valence-corrected chi connectivity index (χ3v) is 3.87. The second-order valence-corrected chi connectivity index (χ2v) is 5.93. The van der Waals surface area contributed by atoms with Crippen molar-refractivity contribution in [1.82, 2.24) is 10.2 Å². The number of halogens is 3. The first-order valence-corrected chi connectivity index (χ1v) is 8.12. The van der Waals surface area contributed by atoms with E-state index < -0.39 is 11.7 Å². The Morgan fingerprint density at radius 2 is 1.78 bits per heavy atom. The number of amides is 2. The number of carbonyl (C=O) groups excluding carboxylic acids is 2. The van der Waals surface area contributed by atoms with E-state index >= 15 is 0 Å². The molecule has 27 heavy (non-hydrogen) atoms. The van der Waals surface area contributed by atoms with E-state index in [1.807, 2.05) is 0 Å². The van der Waals surface area contributed by atoms with Gasteiger partial charge in [-0.25, -0.2) is 0 Å². The second kappa shape index (κ2) is 8.53. The zero-order valence-electron chi connectivity index (χ0n) is 14.9. The predicted octanol–water partition coefficient (Wildman–Crippen LogP) is 3.74. The van der Waals surface area contributed by atoms with E-state index in [4.69, 9.17) is 0 Å². The van der Waals surface area contributed by atoms with Crippen LogP contribution in [0.2, 0.25) is 0 Å². The standard InChI is InChI=1S/C20H19F3N2O2/c1-24-19(27)16-9-6-14(7-10-16)8-11-18(26)25(2)13-15-4-3-5-17(12-15)20(21,22)23/h3-12H,13H2,1-2H3,(H,24,27)/b11-8+. The SMILES string of the molecule is CNC(=O)c1ccc(/C=C/C(=O)N(C)Cc2cccc(C(F)(F)F)c2)cc1. The lowest BCUT2D eigenvalue weighted by Gasteiger charge is -2.16. The number of alkyl halides is 3. The van der Waals surface area contributed by atoms with Gasteiger partial charge in [-0.2, -0.15) is 13.2 Å². The van der Waals surface area contributed by atoms with Crippen molar-refractivity contribution in [2.24, 2.45) is 0 Å². The lowest BCUT2D eigenvalue weighted by Crippen LogP contribution is -2.24. The maximum atomic E-state index is 12.8. The Hall–Kier alpha value is -3.09. The Morgan fingerprint density at radius 1 is 1.11 bits per heavy atom. The van der Waals surface area contributed by atoms with Gasteiger partial charge in [-0.3, -0.25) is 9.59 Å². The quantitative estimate of drug-likeness (QED) is 0.809. The normalized spacial score (nSPS) is 11.4.